The standard InChI is InChI=1S/C11H10BrN3O/c1-2-15-10(7-16)11(13-14-15)8-5-3-4-6-9(8)12/h3-7H,2H2,1H3. The Morgan fingerprint density at radius 2 is 2.19 bits per heavy atom. The normalized spacial score (nSPS) is 10.4. The molecule has 0 radical (unpaired) electrons. The van der Waals surface area contributed by atoms with Crippen molar-refractivity contribution in [3.63, 3.8) is 0 Å². The summed E-state index contributed by atoms with van der Waals surface area (Å²) in [5, 5.41) is 7.98. The molecule has 0 bridgehead atoms. The van der Waals surface area contributed by atoms with Crippen LogP contribution in [0.4, 0.5) is 0 Å². The lowest BCUT2D eigenvalue weighted by molar-refractivity contribution is 0.111. The first kappa shape index (κ1) is 11.0. The van der Waals surface area contributed by atoms with Gasteiger partial charge in [0, 0.05) is 16.6 Å². The molecule has 16 heavy (non-hydrogen) atoms. The predicted molar refractivity (Wildman–Crippen MR) is 64.2 cm³/mol. The number of aldehydes is 1. The molecule has 0 unspecified atom stereocenters. The van der Waals surface area contributed by atoms with Gasteiger partial charge in [-0.2, -0.15) is 0 Å². The molecule has 1 aromatic heterocycles. The van der Waals surface area contributed by atoms with E-state index in [0.29, 0.717) is 17.9 Å². The zero-order chi connectivity index (χ0) is 11.5. The van der Waals surface area contributed by atoms with Crippen LogP contribution in [0.25, 0.3) is 11.3 Å². The molecule has 82 valence electrons. The number of hydrogen-bond donors (Lipinski definition) is 0. The first-order valence-corrected chi connectivity index (χ1v) is 5.70. The van der Waals surface area contributed by atoms with Gasteiger partial charge in [0.25, 0.3) is 0 Å². The largest absolute Gasteiger partial charge is 0.296 e. The maximum absolute atomic E-state index is 11.0. The molecule has 4 nitrogen and oxygen atoms in total. The van der Waals surface area contributed by atoms with E-state index in [-0.39, 0.29) is 0 Å². The average Bonchev–Trinajstić information content (AvgIpc) is 2.72. The van der Waals surface area contributed by atoms with Gasteiger partial charge in [-0.25, -0.2) is 4.68 Å². The summed E-state index contributed by atoms with van der Waals surface area (Å²) in [5.74, 6) is 0. The van der Waals surface area contributed by atoms with Crippen molar-refractivity contribution in [2.75, 3.05) is 0 Å². The van der Waals surface area contributed by atoms with Crippen LogP contribution in [-0.4, -0.2) is 21.3 Å². The Morgan fingerprint density at radius 3 is 2.81 bits per heavy atom. The van der Waals surface area contributed by atoms with Crippen molar-refractivity contribution >= 4 is 22.2 Å². The van der Waals surface area contributed by atoms with Crippen LogP contribution in [0.1, 0.15) is 17.4 Å². The van der Waals surface area contributed by atoms with Gasteiger partial charge >= 0.3 is 0 Å². The van der Waals surface area contributed by atoms with Crippen LogP contribution in [0.3, 0.4) is 0 Å². The van der Waals surface area contributed by atoms with E-state index in [1.54, 1.807) is 4.68 Å². The SMILES string of the molecule is CCn1nnc(-c2ccccc2Br)c1C=O. The van der Waals surface area contributed by atoms with E-state index >= 15 is 0 Å². The van der Waals surface area contributed by atoms with Crippen LogP contribution in [0.5, 0.6) is 0 Å². The topological polar surface area (TPSA) is 47.8 Å². The fourth-order valence-electron chi connectivity index (χ4n) is 1.52. The maximum atomic E-state index is 11.0. The molecular weight excluding hydrogens is 270 g/mol. The molecule has 2 rings (SSSR count). The van der Waals surface area contributed by atoms with E-state index in [2.05, 4.69) is 26.2 Å². The smallest absolute Gasteiger partial charge is 0.170 e. The summed E-state index contributed by atoms with van der Waals surface area (Å²) in [6, 6.07) is 7.63. The van der Waals surface area contributed by atoms with Crippen LogP contribution in [-0.2, 0) is 6.54 Å². The second-order valence-electron chi connectivity index (χ2n) is 3.24. The van der Waals surface area contributed by atoms with Crippen molar-refractivity contribution in [1.82, 2.24) is 15.0 Å². The Bertz CT molecular complexity index is 522. The fourth-order valence-corrected chi connectivity index (χ4v) is 1.99. The Balaban J connectivity index is 2.61. The molecule has 0 spiro atoms. The minimum absolute atomic E-state index is 0.509. The Kier molecular flexibility index (Phi) is 3.14. The highest BCUT2D eigenvalue weighted by atomic mass is 79.9. The van der Waals surface area contributed by atoms with Gasteiger partial charge in [-0.05, 0) is 13.0 Å². The summed E-state index contributed by atoms with van der Waals surface area (Å²) in [5.41, 5.74) is 2.00. The quantitative estimate of drug-likeness (QED) is 0.812. The molecule has 0 aliphatic rings. The minimum Gasteiger partial charge on any atom is -0.296 e. The first-order chi connectivity index (χ1) is 7.77. The van der Waals surface area contributed by atoms with Crippen LogP contribution in [0, 0.1) is 0 Å². The molecule has 0 aliphatic heterocycles. The summed E-state index contributed by atoms with van der Waals surface area (Å²) in [7, 11) is 0. The van der Waals surface area contributed by atoms with E-state index in [9.17, 15) is 4.79 Å². The number of carbonyl (C=O) groups is 1. The third-order valence-electron chi connectivity index (χ3n) is 2.31. The van der Waals surface area contributed by atoms with Crippen molar-refractivity contribution in [1.29, 1.82) is 0 Å². The second-order valence-corrected chi connectivity index (χ2v) is 4.09. The monoisotopic (exact) mass is 279 g/mol. The van der Waals surface area contributed by atoms with Crippen molar-refractivity contribution < 1.29 is 4.79 Å². The van der Waals surface area contributed by atoms with Crippen molar-refractivity contribution in [3.05, 3.63) is 34.4 Å². The van der Waals surface area contributed by atoms with Crippen molar-refractivity contribution in [2.24, 2.45) is 0 Å². The van der Waals surface area contributed by atoms with Crippen LogP contribution < -0.4 is 0 Å². The first-order valence-electron chi connectivity index (χ1n) is 4.91. The summed E-state index contributed by atoms with van der Waals surface area (Å²) in [4.78, 5) is 11.0. The van der Waals surface area contributed by atoms with Gasteiger partial charge in [0.05, 0.1) is 0 Å². The highest BCUT2D eigenvalue weighted by molar-refractivity contribution is 9.10. The lowest BCUT2D eigenvalue weighted by Gasteiger charge is -2.01. The molecule has 0 N–H and O–H groups in total. The van der Waals surface area contributed by atoms with Gasteiger partial charge in [-0.15, -0.1) is 5.10 Å². The molecule has 0 atom stereocenters. The average molecular weight is 280 g/mol. The number of rotatable bonds is 3. The number of aromatic nitrogens is 3. The molecule has 0 saturated heterocycles. The number of halogens is 1. The zero-order valence-electron chi connectivity index (χ0n) is 8.72. The van der Waals surface area contributed by atoms with Gasteiger partial charge in [0.1, 0.15) is 11.4 Å². The predicted octanol–water partition coefficient (Wildman–Crippen LogP) is 2.54. The summed E-state index contributed by atoms with van der Waals surface area (Å²) >= 11 is 3.43. The van der Waals surface area contributed by atoms with Gasteiger partial charge in [-0.1, -0.05) is 39.3 Å². The van der Waals surface area contributed by atoms with E-state index in [0.717, 1.165) is 16.3 Å². The summed E-state index contributed by atoms with van der Waals surface area (Å²) in [6.07, 6.45) is 0.790. The number of nitrogens with zero attached hydrogens (tertiary/aromatic N) is 3. The summed E-state index contributed by atoms with van der Waals surface area (Å²) < 4.78 is 2.49. The molecule has 0 fully saturated rings. The molecule has 5 heteroatoms. The van der Waals surface area contributed by atoms with Crippen molar-refractivity contribution in [3.8, 4) is 11.3 Å². The molecule has 0 saturated carbocycles. The van der Waals surface area contributed by atoms with E-state index in [1.807, 2.05) is 31.2 Å². The number of aryl methyl sites for hydroxylation is 1. The number of benzene rings is 1. The van der Waals surface area contributed by atoms with Crippen LogP contribution >= 0.6 is 15.9 Å². The molecule has 1 heterocycles. The molecule has 2 aromatic rings. The second kappa shape index (κ2) is 4.57. The van der Waals surface area contributed by atoms with Gasteiger partial charge in [0.2, 0.25) is 0 Å². The van der Waals surface area contributed by atoms with Crippen LogP contribution in [0.15, 0.2) is 28.7 Å². The van der Waals surface area contributed by atoms with Gasteiger partial charge in [-0.3, -0.25) is 4.79 Å². The highest BCUT2D eigenvalue weighted by Crippen LogP contribution is 2.27. The minimum atomic E-state index is 0.509. The van der Waals surface area contributed by atoms with E-state index in [4.69, 9.17) is 0 Å². The maximum Gasteiger partial charge on any atom is 0.170 e. The zero-order valence-corrected chi connectivity index (χ0v) is 10.3. The Labute approximate surface area is 101 Å². The lowest BCUT2D eigenvalue weighted by Crippen LogP contribution is -2.01. The molecule has 0 aliphatic carbocycles. The van der Waals surface area contributed by atoms with Crippen LogP contribution in [0.2, 0.25) is 0 Å². The molecule has 0 amide bonds. The van der Waals surface area contributed by atoms with E-state index < -0.39 is 0 Å². The molecular formula is C11H10BrN3O. The number of carbonyl (C=O) groups excluding carboxylic acids is 1. The lowest BCUT2D eigenvalue weighted by atomic mass is 10.1. The number of hydrogen-bond acceptors (Lipinski definition) is 3. The van der Waals surface area contributed by atoms with Gasteiger partial charge < -0.3 is 0 Å². The Morgan fingerprint density at radius 1 is 1.44 bits per heavy atom. The highest BCUT2D eigenvalue weighted by Gasteiger charge is 2.14. The van der Waals surface area contributed by atoms with Gasteiger partial charge in [0.15, 0.2) is 6.29 Å². The third kappa shape index (κ3) is 1.78. The summed E-state index contributed by atoms with van der Waals surface area (Å²) in [6.45, 7) is 2.55. The third-order valence-corrected chi connectivity index (χ3v) is 3.01. The van der Waals surface area contributed by atoms with Crippen molar-refractivity contribution in [2.45, 2.75) is 13.5 Å². The fraction of sp³-hybridized carbons (Fsp3) is 0.182. The van der Waals surface area contributed by atoms with E-state index in [1.165, 1.54) is 0 Å². The molecule has 1 aromatic carbocycles. The Hall–Kier alpha value is -1.49.